The lowest BCUT2D eigenvalue weighted by atomic mass is 9.43. The highest BCUT2D eigenvalue weighted by molar-refractivity contribution is 5.85. The van der Waals surface area contributed by atoms with Crippen molar-refractivity contribution in [2.24, 2.45) is 34.5 Å². The summed E-state index contributed by atoms with van der Waals surface area (Å²) < 4.78 is 46.6. The molecular formula is C42H66O18. The van der Waals surface area contributed by atoms with Crippen LogP contribution < -0.4 is 0 Å². The van der Waals surface area contributed by atoms with Gasteiger partial charge in [0.25, 0.3) is 0 Å². The van der Waals surface area contributed by atoms with Crippen LogP contribution in [0.2, 0.25) is 0 Å². The number of methoxy groups -OCH3 is 1. The lowest BCUT2D eigenvalue weighted by Crippen LogP contribution is -2.65. The number of aliphatic hydroxyl groups excluding tert-OH is 8. The third-order valence-corrected chi connectivity index (χ3v) is 16.5. The zero-order valence-corrected chi connectivity index (χ0v) is 34.8. The van der Waals surface area contributed by atoms with Crippen LogP contribution in [-0.4, -0.2) is 183 Å². The van der Waals surface area contributed by atoms with Crippen molar-refractivity contribution in [1.82, 2.24) is 0 Å². The molecule has 9 N–H and O–H groups in total. The number of esters is 1. The summed E-state index contributed by atoms with van der Waals surface area (Å²) in [6.45, 7) is 5.42. The number of hydrogen-bond acceptors (Lipinski definition) is 18. The topological polar surface area (TPSA) is 273 Å². The average Bonchev–Trinajstić information content (AvgIpc) is 3.78. The van der Waals surface area contributed by atoms with Crippen LogP contribution in [0.25, 0.3) is 0 Å². The Morgan fingerprint density at radius 2 is 1.42 bits per heavy atom. The van der Waals surface area contributed by atoms with Gasteiger partial charge in [-0.2, -0.15) is 0 Å². The maximum atomic E-state index is 12.6. The molecule has 0 aromatic carbocycles. The summed E-state index contributed by atoms with van der Waals surface area (Å²) in [6, 6.07) is 0. The van der Waals surface area contributed by atoms with E-state index in [1.54, 1.807) is 13.0 Å². The summed E-state index contributed by atoms with van der Waals surface area (Å²) in [5.74, 6) is 0.725. The lowest BCUT2D eigenvalue weighted by molar-refractivity contribution is -0.367. The number of ether oxygens (including phenoxy) is 8. The van der Waals surface area contributed by atoms with Gasteiger partial charge in [0.15, 0.2) is 18.9 Å². The van der Waals surface area contributed by atoms with Crippen molar-refractivity contribution in [3.8, 4) is 0 Å². The Kier molecular flexibility index (Phi) is 12.9. The monoisotopic (exact) mass is 858 g/mol. The predicted octanol–water partition coefficient (Wildman–Crippen LogP) is -1.24. The number of carbonyl (C=O) groups is 1. The first-order valence-electron chi connectivity index (χ1n) is 21.8. The fourth-order valence-electron chi connectivity index (χ4n) is 13.0. The average molecular weight is 859 g/mol. The molecule has 0 bridgehead atoms. The van der Waals surface area contributed by atoms with Crippen LogP contribution >= 0.6 is 0 Å². The number of rotatable bonds is 10. The molecule has 18 heteroatoms. The summed E-state index contributed by atoms with van der Waals surface area (Å²) in [7, 11) is 1.39. The van der Waals surface area contributed by atoms with E-state index in [2.05, 4.69) is 13.8 Å². The molecule has 4 heterocycles. The van der Waals surface area contributed by atoms with E-state index in [9.17, 15) is 50.8 Å². The third kappa shape index (κ3) is 7.50. The molecule has 8 aliphatic rings. The highest BCUT2D eigenvalue weighted by atomic mass is 16.8. The lowest BCUT2D eigenvalue weighted by Gasteiger charge is -2.64. The minimum absolute atomic E-state index is 0.00760. The van der Waals surface area contributed by atoms with E-state index in [1.807, 2.05) is 0 Å². The van der Waals surface area contributed by atoms with Gasteiger partial charge in [0.2, 0.25) is 0 Å². The van der Waals surface area contributed by atoms with Gasteiger partial charge in [-0.1, -0.05) is 13.8 Å². The fraction of sp³-hybridized carbons (Fsp3) is 0.929. The molecule has 0 unspecified atom stereocenters. The van der Waals surface area contributed by atoms with Crippen molar-refractivity contribution >= 4 is 5.97 Å². The van der Waals surface area contributed by atoms with Gasteiger partial charge in [-0.15, -0.1) is 0 Å². The smallest absolute Gasteiger partial charge is 0.331 e. The standard InChI is InChI=1S/C42H66O18/c1-18-35(60-38-33(50)31(48)29(46)26(59-38)17-55-37-32(49)30(47)28(45)25(15-43)58-37)36(53-4)34(51)39(56-18)57-21-7-10-40(2)20(14-21)5-6-24-23(40)8-11-41(3)22(9-12-42(24,41)52)19-13-27(44)54-16-19/h13,18,20-26,28-39,43,45-52H,5-12,14-17H2,1-4H3/t18-,20-,21-,22+,23-,24+,25+,26+,28+,29+,30-,31-,32+,33+,34-,35-,36-,37+,38-,39-,40-,41+,42-/m0/s1. The number of fused-ring (bicyclic) bond motifs is 5. The van der Waals surface area contributed by atoms with Crippen molar-refractivity contribution in [3.05, 3.63) is 11.6 Å². The van der Waals surface area contributed by atoms with Crippen molar-refractivity contribution in [2.45, 2.75) is 182 Å². The molecule has 0 spiro atoms. The minimum atomic E-state index is -1.77. The molecule has 23 atom stereocenters. The quantitative estimate of drug-likeness (QED) is 0.0918. The Hall–Kier alpha value is -1.43. The molecule has 8 rings (SSSR count). The molecule has 342 valence electrons. The molecule has 0 aromatic heterocycles. The van der Waals surface area contributed by atoms with Gasteiger partial charge in [0, 0.05) is 18.6 Å². The zero-order valence-electron chi connectivity index (χ0n) is 34.8. The maximum Gasteiger partial charge on any atom is 0.331 e. The number of cyclic esters (lactones) is 1. The van der Waals surface area contributed by atoms with Crippen LogP contribution in [0.3, 0.4) is 0 Å². The summed E-state index contributed by atoms with van der Waals surface area (Å²) in [5, 5.41) is 96.6. The summed E-state index contributed by atoms with van der Waals surface area (Å²) in [5.41, 5.74) is -0.0850. The molecule has 7 fully saturated rings. The highest BCUT2D eigenvalue weighted by Crippen LogP contribution is 2.70. The molecular weight excluding hydrogens is 792 g/mol. The van der Waals surface area contributed by atoms with Gasteiger partial charge < -0.3 is 83.9 Å². The number of carbonyl (C=O) groups excluding carboxylic acids is 1. The molecule has 4 aliphatic carbocycles. The van der Waals surface area contributed by atoms with Gasteiger partial charge in [-0.05, 0) is 99.4 Å². The Balaban J connectivity index is 0.875. The van der Waals surface area contributed by atoms with Crippen LogP contribution in [0, 0.1) is 34.5 Å². The van der Waals surface area contributed by atoms with Crippen LogP contribution in [0.1, 0.15) is 78.6 Å². The Morgan fingerprint density at radius 1 is 0.733 bits per heavy atom. The van der Waals surface area contributed by atoms with E-state index in [0.29, 0.717) is 18.4 Å². The van der Waals surface area contributed by atoms with Crippen LogP contribution in [0.4, 0.5) is 0 Å². The van der Waals surface area contributed by atoms with E-state index >= 15 is 0 Å². The molecule has 4 aliphatic heterocycles. The highest BCUT2D eigenvalue weighted by Gasteiger charge is 2.68. The van der Waals surface area contributed by atoms with Crippen molar-refractivity contribution < 1.29 is 88.6 Å². The van der Waals surface area contributed by atoms with Gasteiger partial charge in [-0.3, -0.25) is 0 Å². The van der Waals surface area contributed by atoms with Crippen LogP contribution in [0.5, 0.6) is 0 Å². The van der Waals surface area contributed by atoms with Gasteiger partial charge in [-0.25, -0.2) is 4.79 Å². The van der Waals surface area contributed by atoms with E-state index in [0.717, 1.165) is 63.4 Å². The minimum Gasteiger partial charge on any atom is -0.458 e. The first kappa shape index (κ1) is 45.1. The second-order valence-corrected chi connectivity index (χ2v) is 19.4. The first-order chi connectivity index (χ1) is 28.4. The van der Waals surface area contributed by atoms with Crippen molar-refractivity contribution in [1.29, 1.82) is 0 Å². The van der Waals surface area contributed by atoms with E-state index in [1.165, 1.54) is 7.11 Å². The second kappa shape index (κ2) is 17.2. The Bertz CT molecular complexity index is 1570. The Labute approximate surface area is 349 Å². The zero-order chi connectivity index (χ0) is 43.1. The van der Waals surface area contributed by atoms with Gasteiger partial charge in [0.1, 0.15) is 73.8 Å². The number of aliphatic hydroxyl groups is 9. The Morgan fingerprint density at radius 3 is 2.10 bits per heavy atom. The third-order valence-electron chi connectivity index (χ3n) is 16.5. The van der Waals surface area contributed by atoms with Crippen molar-refractivity contribution in [2.75, 3.05) is 26.9 Å². The maximum absolute atomic E-state index is 12.6. The summed E-state index contributed by atoms with van der Waals surface area (Å²) >= 11 is 0. The van der Waals surface area contributed by atoms with Gasteiger partial charge >= 0.3 is 5.97 Å². The predicted molar refractivity (Wildman–Crippen MR) is 203 cm³/mol. The summed E-state index contributed by atoms with van der Waals surface area (Å²) in [4.78, 5) is 12.0. The number of hydrogen-bond donors (Lipinski definition) is 9. The molecule has 0 amide bonds. The first-order valence-corrected chi connectivity index (χ1v) is 21.8. The van der Waals surface area contributed by atoms with Crippen LogP contribution in [0.15, 0.2) is 11.6 Å². The van der Waals surface area contributed by atoms with E-state index < -0.39 is 111 Å². The SMILES string of the molecule is CO[C@H]1[C@H](O)[C@H](O[C@H]2CC[C@@]3(C)[C@@H](CC[C@@H]4[C@@H]3CC[C@]3(C)[C@@H](C5=CC(=O)OC5)CC[C@]43O)C2)O[C@@H](C)[C@@H]1O[C@@H]1O[C@H](CO[C@@H]2O[C@H](CO)[C@@H](O)[C@H](O)[C@H]2O)[C@@H](O)[C@H](O)[C@H]1O. The van der Waals surface area contributed by atoms with E-state index in [4.69, 9.17) is 37.9 Å². The van der Waals surface area contributed by atoms with Crippen LogP contribution in [-0.2, 0) is 42.7 Å². The molecule has 60 heavy (non-hydrogen) atoms. The molecule has 18 nitrogen and oxygen atoms in total. The molecule has 0 radical (unpaired) electrons. The molecule has 0 aromatic rings. The normalized spacial score (nSPS) is 54.4. The largest absolute Gasteiger partial charge is 0.458 e. The summed E-state index contributed by atoms with van der Waals surface area (Å²) in [6.07, 6.45) is -11.9. The van der Waals surface area contributed by atoms with Gasteiger partial charge in [0.05, 0.1) is 31.0 Å². The molecule has 4 saturated carbocycles. The fourth-order valence-corrected chi connectivity index (χ4v) is 13.0. The van der Waals surface area contributed by atoms with E-state index in [-0.39, 0.29) is 34.7 Å². The second-order valence-electron chi connectivity index (χ2n) is 19.4. The molecule has 3 saturated heterocycles. The van der Waals surface area contributed by atoms with Crippen molar-refractivity contribution in [3.63, 3.8) is 0 Å².